The number of aromatic hydroxyl groups is 2. The van der Waals surface area contributed by atoms with Gasteiger partial charge in [0.2, 0.25) is 5.78 Å². The van der Waals surface area contributed by atoms with Gasteiger partial charge in [-0.3, -0.25) is 14.4 Å². The van der Waals surface area contributed by atoms with Crippen molar-refractivity contribution >= 4 is 17.3 Å². The number of phenols is 2. The van der Waals surface area contributed by atoms with Crippen LogP contribution in [0.25, 0.3) is 0 Å². The quantitative estimate of drug-likeness (QED) is 0.300. The molecule has 2 aromatic rings. The zero-order chi connectivity index (χ0) is 27.7. The van der Waals surface area contributed by atoms with E-state index >= 15 is 0 Å². The minimum Gasteiger partial charge on any atom is -0.507 e. The lowest BCUT2D eigenvalue weighted by molar-refractivity contribution is -0.175. The summed E-state index contributed by atoms with van der Waals surface area (Å²) < 4.78 is 16.9. The van der Waals surface area contributed by atoms with Gasteiger partial charge in [-0.25, -0.2) is 0 Å². The molecule has 6 unspecified atom stereocenters. The van der Waals surface area contributed by atoms with Crippen LogP contribution in [-0.2, 0) is 20.7 Å². The average molecular weight is 528 g/mol. The van der Waals surface area contributed by atoms with E-state index in [1.54, 1.807) is 6.92 Å². The molecular weight excluding hydrogens is 498 g/mol. The zero-order valence-corrected chi connectivity index (χ0v) is 21.1. The topological polar surface area (TPSA) is 186 Å². The molecule has 0 amide bonds. The lowest BCUT2D eigenvalue weighted by atomic mass is 9.72. The van der Waals surface area contributed by atoms with E-state index in [-0.39, 0.29) is 41.0 Å². The number of aliphatic hydroxyl groups excluding tert-OH is 1. The smallest absolute Gasteiger partial charge is 0.202 e. The van der Waals surface area contributed by atoms with E-state index in [4.69, 9.17) is 19.9 Å². The van der Waals surface area contributed by atoms with Crippen molar-refractivity contribution in [2.45, 2.75) is 62.7 Å². The number of benzene rings is 2. The number of hydrogen-bond acceptors (Lipinski definition) is 11. The van der Waals surface area contributed by atoms with Crippen molar-refractivity contribution < 1.29 is 49.0 Å². The van der Waals surface area contributed by atoms with Crippen LogP contribution < -0.4 is 10.5 Å². The number of phenolic OH excluding ortho intramolecular Hbond substituents is 2. The molecule has 6 atom stereocenters. The summed E-state index contributed by atoms with van der Waals surface area (Å²) >= 11 is 0. The van der Waals surface area contributed by atoms with Crippen molar-refractivity contribution in [1.82, 2.24) is 0 Å². The summed E-state index contributed by atoms with van der Waals surface area (Å²) in [7, 11) is 1.34. The molecule has 202 valence electrons. The fourth-order valence-electron chi connectivity index (χ4n) is 5.63. The maximum Gasteiger partial charge on any atom is 0.202 e. The standard InChI is InChI=1S/C27H29NO10/c1-10-22(30)21(28)16(9-37-10)38-15-8-27(35,11(2)29)7-13-18(15)26(34)20-19(24(13)32)23(31)12-5-4-6-14(36-3)17(12)25(20)33/h4-6,10,15-16,21-22,30,32,34-35H,7-9,28H2,1-3H3. The van der Waals surface area contributed by atoms with E-state index in [0.29, 0.717) is 0 Å². The Morgan fingerprint density at radius 1 is 1.13 bits per heavy atom. The van der Waals surface area contributed by atoms with Crippen molar-refractivity contribution in [2.75, 3.05) is 13.7 Å². The number of aliphatic hydroxyl groups is 2. The molecule has 38 heavy (non-hydrogen) atoms. The van der Waals surface area contributed by atoms with E-state index in [2.05, 4.69) is 0 Å². The Kier molecular flexibility index (Phi) is 6.32. The predicted molar refractivity (Wildman–Crippen MR) is 131 cm³/mol. The second kappa shape index (κ2) is 9.14. The van der Waals surface area contributed by atoms with Gasteiger partial charge in [-0.2, -0.15) is 0 Å². The Morgan fingerprint density at radius 2 is 1.82 bits per heavy atom. The number of ketones is 3. The predicted octanol–water partition coefficient (Wildman–Crippen LogP) is 0.681. The molecular formula is C27H29NO10. The summed E-state index contributed by atoms with van der Waals surface area (Å²) in [5.74, 6) is -3.21. The van der Waals surface area contributed by atoms with Gasteiger partial charge in [-0.15, -0.1) is 0 Å². The van der Waals surface area contributed by atoms with Crippen LogP contribution in [0.15, 0.2) is 18.2 Å². The second-order valence-corrected chi connectivity index (χ2v) is 10.1. The highest BCUT2D eigenvalue weighted by atomic mass is 16.6. The summed E-state index contributed by atoms with van der Waals surface area (Å²) in [5.41, 5.74) is 3.08. The molecule has 1 fully saturated rings. The van der Waals surface area contributed by atoms with Crippen LogP contribution in [0.2, 0.25) is 0 Å². The van der Waals surface area contributed by atoms with Crippen molar-refractivity contribution in [3.05, 3.63) is 51.6 Å². The number of Topliss-reactive ketones (excluding diaryl/α,β-unsaturated/α-hetero) is 1. The zero-order valence-electron chi connectivity index (χ0n) is 21.1. The highest BCUT2D eigenvalue weighted by molar-refractivity contribution is 6.31. The Labute approximate surface area is 217 Å². The van der Waals surface area contributed by atoms with E-state index in [1.165, 1.54) is 32.2 Å². The third-order valence-corrected chi connectivity index (χ3v) is 7.90. The molecule has 11 heteroatoms. The van der Waals surface area contributed by atoms with Crippen LogP contribution in [0.3, 0.4) is 0 Å². The van der Waals surface area contributed by atoms with Crippen LogP contribution in [0.4, 0.5) is 0 Å². The van der Waals surface area contributed by atoms with Crippen molar-refractivity contribution in [1.29, 1.82) is 0 Å². The Bertz CT molecular complexity index is 1370. The third-order valence-electron chi connectivity index (χ3n) is 7.90. The molecule has 0 saturated carbocycles. The minimum atomic E-state index is -2.01. The largest absolute Gasteiger partial charge is 0.507 e. The monoisotopic (exact) mass is 527 g/mol. The molecule has 6 N–H and O–H groups in total. The molecule has 5 rings (SSSR count). The highest BCUT2D eigenvalue weighted by Crippen LogP contribution is 2.52. The van der Waals surface area contributed by atoms with Crippen LogP contribution in [0, 0.1) is 0 Å². The van der Waals surface area contributed by atoms with Crippen molar-refractivity contribution in [3.8, 4) is 17.2 Å². The fraction of sp³-hybridized carbons (Fsp3) is 0.444. The van der Waals surface area contributed by atoms with Crippen LogP contribution in [0.5, 0.6) is 17.2 Å². The number of ether oxygens (including phenoxy) is 3. The number of carbonyl (C=O) groups is 3. The summed E-state index contributed by atoms with van der Waals surface area (Å²) in [6, 6.07) is 3.53. The highest BCUT2D eigenvalue weighted by Gasteiger charge is 2.49. The van der Waals surface area contributed by atoms with E-state index < -0.39 is 82.5 Å². The average Bonchev–Trinajstić information content (AvgIpc) is 2.88. The molecule has 1 saturated heterocycles. The van der Waals surface area contributed by atoms with Gasteiger partial charge in [0.05, 0.1) is 60.9 Å². The number of methoxy groups -OCH3 is 1. The van der Waals surface area contributed by atoms with Gasteiger partial charge in [0.1, 0.15) is 22.8 Å². The molecule has 0 bridgehead atoms. The number of nitrogens with two attached hydrogens (primary N) is 1. The van der Waals surface area contributed by atoms with Crippen LogP contribution in [-0.4, -0.2) is 81.4 Å². The van der Waals surface area contributed by atoms with Crippen molar-refractivity contribution in [2.24, 2.45) is 5.73 Å². The minimum absolute atomic E-state index is 0.0182. The Balaban J connectivity index is 1.70. The van der Waals surface area contributed by atoms with Gasteiger partial charge in [-0.1, -0.05) is 12.1 Å². The molecule has 0 spiro atoms. The Hall–Kier alpha value is -3.35. The SMILES string of the molecule is COc1cccc2c1C(=O)c1c(O)c3c(c(O)c1C2=O)CC(O)(C(C)=O)CC3OC1COC(C)C(O)C1N. The van der Waals surface area contributed by atoms with E-state index in [0.717, 1.165) is 0 Å². The number of hydrogen-bond donors (Lipinski definition) is 5. The molecule has 0 radical (unpaired) electrons. The molecule has 11 nitrogen and oxygen atoms in total. The summed E-state index contributed by atoms with van der Waals surface area (Å²) in [4.78, 5) is 39.6. The first-order valence-corrected chi connectivity index (χ1v) is 12.2. The van der Waals surface area contributed by atoms with Gasteiger partial charge >= 0.3 is 0 Å². The van der Waals surface area contributed by atoms with Gasteiger partial charge < -0.3 is 40.4 Å². The number of rotatable bonds is 4. The third kappa shape index (κ3) is 3.73. The lowest BCUT2D eigenvalue weighted by Gasteiger charge is -2.42. The summed E-state index contributed by atoms with van der Waals surface area (Å²) in [5, 5.41) is 44.4. The van der Waals surface area contributed by atoms with E-state index in [9.17, 15) is 34.8 Å². The molecule has 3 aliphatic rings. The molecule has 1 aliphatic heterocycles. The molecule has 2 aromatic carbocycles. The Morgan fingerprint density at radius 3 is 2.47 bits per heavy atom. The first-order valence-electron chi connectivity index (χ1n) is 12.2. The maximum absolute atomic E-state index is 13.6. The van der Waals surface area contributed by atoms with Gasteiger partial charge in [0.25, 0.3) is 0 Å². The van der Waals surface area contributed by atoms with Gasteiger partial charge in [0, 0.05) is 29.5 Å². The molecule has 1 heterocycles. The van der Waals surface area contributed by atoms with Gasteiger partial charge in [0.15, 0.2) is 11.6 Å². The first kappa shape index (κ1) is 26.3. The van der Waals surface area contributed by atoms with E-state index in [1.807, 2.05) is 0 Å². The van der Waals surface area contributed by atoms with Gasteiger partial charge in [-0.05, 0) is 19.9 Å². The van der Waals surface area contributed by atoms with Crippen molar-refractivity contribution in [3.63, 3.8) is 0 Å². The summed E-state index contributed by atoms with van der Waals surface area (Å²) in [6.45, 7) is 2.80. The first-order chi connectivity index (χ1) is 17.9. The lowest BCUT2D eigenvalue weighted by Crippen LogP contribution is -2.58. The van der Waals surface area contributed by atoms with Crippen LogP contribution in [0.1, 0.15) is 69.3 Å². The molecule has 0 aromatic heterocycles. The summed E-state index contributed by atoms with van der Waals surface area (Å²) in [6.07, 6.45) is -4.55. The second-order valence-electron chi connectivity index (χ2n) is 10.1. The fourth-order valence-corrected chi connectivity index (χ4v) is 5.63. The molecule has 2 aliphatic carbocycles. The van der Waals surface area contributed by atoms with Crippen LogP contribution >= 0.6 is 0 Å². The normalized spacial score (nSPS) is 30.3. The maximum atomic E-state index is 13.6. The number of carbonyl (C=O) groups excluding carboxylic acids is 3. The number of fused-ring (bicyclic) bond motifs is 3.